The lowest BCUT2D eigenvalue weighted by Crippen LogP contribution is -2.47. The fraction of sp³-hybridized carbons (Fsp3) is 0.375. The molecule has 1 aliphatic heterocycles. The van der Waals surface area contributed by atoms with Crippen LogP contribution >= 0.6 is 11.8 Å². The molecule has 0 radical (unpaired) electrons. The molecule has 1 amide bonds. The fourth-order valence-corrected chi connectivity index (χ4v) is 4.14. The van der Waals surface area contributed by atoms with Crippen molar-refractivity contribution in [3.8, 4) is 0 Å². The Morgan fingerprint density at radius 2 is 2.15 bits per heavy atom. The number of tetrazole rings is 1. The Kier molecular flexibility index (Phi) is 4.33. The van der Waals surface area contributed by atoms with Gasteiger partial charge in [-0.3, -0.25) is 4.79 Å². The summed E-state index contributed by atoms with van der Waals surface area (Å²) in [6, 6.07) is 5.11. The van der Waals surface area contributed by atoms with Gasteiger partial charge in [-0.15, -0.1) is 5.10 Å². The van der Waals surface area contributed by atoms with Crippen LogP contribution in [0.4, 0.5) is 13.2 Å². The van der Waals surface area contributed by atoms with Crippen LogP contribution < -0.4 is 0 Å². The van der Waals surface area contributed by atoms with E-state index in [0.29, 0.717) is 22.7 Å². The van der Waals surface area contributed by atoms with Gasteiger partial charge in [0, 0.05) is 24.5 Å². The molecule has 27 heavy (non-hydrogen) atoms. The molecule has 142 valence electrons. The Morgan fingerprint density at radius 3 is 2.85 bits per heavy atom. The van der Waals surface area contributed by atoms with Crippen molar-refractivity contribution < 1.29 is 18.0 Å². The number of hydrogen-bond acceptors (Lipinski definition) is 5. The largest absolute Gasteiger partial charge is 0.414 e. The van der Waals surface area contributed by atoms with Crippen LogP contribution in [0.1, 0.15) is 17.3 Å². The van der Waals surface area contributed by atoms with E-state index in [1.807, 2.05) is 0 Å². The molecule has 0 saturated heterocycles. The maximum absolute atomic E-state index is 13.9. The molecule has 7 nitrogen and oxygen atoms in total. The average molecular weight is 396 g/mol. The summed E-state index contributed by atoms with van der Waals surface area (Å²) in [6.07, 6.45) is -4.21. The third-order valence-electron chi connectivity index (χ3n) is 4.57. The predicted octanol–water partition coefficient (Wildman–Crippen LogP) is 2.47. The third kappa shape index (κ3) is 3.15. The monoisotopic (exact) mass is 396 g/mol. The van der Waals surface area contributed by atoms with Gasteiger partial charge in [-0.05, 0) is 28.5 Å². The van der Waals surface area contributed by atoms with Gasteiger partial charge in [0.1, 0.15) is 0 Å². The van der Waals surface area contributed by atoms with Crippen LogP contribution in [0.5, 0.6) is 0 Å². The van der Waals surface area contributed by atoms with E-state index in [1.165, 1.54) is 4.68 Å². The number of nitrogens with zero attached hydrogens (tertiary/aromatic N) is 5. The second kappa shape index (κ2) is 6.55. The SMILES string of the molecule is Cn1nnnc1SCC(=O)N1CCc2c([nH]c3ccccc23)[C@H]1C(F)(F)F. The zero-order valence-corrected chi connectivity index (χ0v) is 15.0. The van der Waals surface area contributed by atoms with Crippen LogP contribution in [0.2, 0.25) is 0 Å². The Hall–Kier alpha value is -2.56. The van der Waals surface area contributed by atoms with Crippen molar-refractivity contribution in [2.75, 3.05) is 12.3 Å². The normalized spacial score (nSPS) is 17.3. The summed E-state index contributed by atoms with van der Waals surface area (Å²) in [4.78, 5) is 16.4. The Bertz CT molecular complexity index is 998. The number of amides is 1. The third-order valence-corrected chi connectivity index (χ3v) is 5.57. The summed E-state index contributed by atoms with van der Waals surface area (Å²) in [5, 5.41) is 12.0. The molecule has 0 saturated carbocycles. The average Bonchev–Trinajstić information content (AvgIpc) is 3.20. The molecule has 1 aliphatic rings. The number of alkyl halides is 3. The topological polar surface area (TPSA) is 79.7 Å². The van der Waals surface area contributed by atoms with E-state index in [-0.39, 0.29) is 18.0 Å². The Balaban J connectivity index is 1.65. The lowest BCUT2D eigenvalue weighted by Gasteiger charge is -2.36. The number of aromatic amines is 1. The summed E-state index contributed by atoms with van der Waals surface area (Å²) in [5.74, 6) is -0.772. The first-order valence-corrected chi connectivity index (χ1v) is 9.15. The minimum atomic E-state index is -4.58. The van der Waals surface area contributed by atoms with Crippen molar-refractivity contribution in [3.05, 3.63) is 35.5 Å². The maximum Gasteiger partial charge on any atom is 0.414 e. The summed E-state index contributed by atoms with van der Waals surface area (Å²) in [7, 11) is 1.60. The number of fused-ring (bicyclic) bond motifs is 3. The number of halogens is 3. The minimum Gasteiger partial charge on any atom is -0.356 e. The number of thioether (sulfide) groups is 1. The van der Waals surface area contributed by atoms with Gasteiger partial charge in [0.2, 0.25) is 11.1 Å². The molecule has 11 heteroatoms. The molecule has 1 N–H and O–H groups in total. The van der Waals surface area contributed by atoms with E-state index in [1.54, 1.807) is 31.3 Å². The Labute approximate surface area is 155 Å². The van der Waals surface area contributed by atoms with Gasteiger partial charge < -0.3 is 9.88 Å². The minimum absolute atomic E-state index is 0.00941. The second-order valence-corrected chi connectivity index (χ2v) is 7.16. The molecule has 0 spiro atoms. The predicted molar refractivity (Wildman–Crippen MR) is 92.0 cm³/mol. The number of aromatic nitrogens is 5. The zero-order valence-electron chi connectivity index (χ0n) is 14.2. The number of benzene rings is 1. The highest BCUT2D eigenvalue weighted by atomic mass is 32.2. The lowest BCUT2D eigenvalue weighted by atomic mass is 9.97. The van der Waals surface area contributed by atoms with Crippen LogP contribution in [-0.2, 0) is 18.3 Å². The number of nitrogens with one attached hydrogen (secondary N) is 1. The number of rotatable bonds is 3. The van der Waals surface area contributed by atoms with Crippen molar-refractivity contribution in [1.82, 2.24) is 30.1 Å². The first-order valence-electron chi connectivity index (χ1n) is 8.17. The summed E-state index contributed by atoms with van der Waals surface area (Å²) >= 11 is 1.01. The molecular weight excluding hydrogens is 381 g/mol. The summed E-state index contributed by atoms with van der Waals surface area (Å²) in [6.45, 7) is 0.00941. The van der Waals surface area contributed by atoms with Crippen LogP contribution in [0.3, 0.4) is 0 Å². The van der Waals surface area contributed by atoms with Crippen molar-refractivity contribution in [1.29, 1.82) is 0 Å². The van der Waals surface area contributed by atoms with Gasteiger partial charge >= 0.3 is 6.18 Å². The van der Waals surface area contributed by atoms with Gasteiger partial charge in [-0.1, -0.05) is 30.0 Å². The number of H-pyrrole nitrogens is 1. The summed E-state index contributed by atoms with van der Waals surface area (Å²) < 4.78 is 43.0. The highest BCUT2D eigenvalue weighted by molar-refractivity contribution is 7.99. The molecule has 0 aliphatic carbocycles. The van der Waals surface area contributed by atoms with Crippen molar-refractivity contribution in [3.63, 3.8) is 0 Å². The van der Waals surface area contributed by atoms with E-state index < -0.39 is 18.1 Å². The van der Waals surface area contributed by atoms with Crippen molar-refractivity contribution >= 4 is 28.6 Å². The molecule has 0 bridgehead atoms. The second-order valence-electron chi connectivity index (χ2n) is 6.22. The Morgan fingerprint density at radius 1 is 1.37 bits per heavy atom. The van der Waals surface area contributed by atoms with Gasteiger partial charge in [-0.25, -0.2) is 4.68 Å². The quantitative estimate of drug-likeness (QED) is 0.688. The zero-order chi connectivity index (χ0) is 19.2. The highest BCUT2D eigenvalue weighted by Gasteiger charge is 2.50. The number of carbonyl (C=O) groups is 1. The molecule has 0 fully saturated rings. The number of aryl methyl sites for hydroxylation is 1. The van der Waals surface area contributed by atoms with E-state index in [4.69, 9.17) is 0 Å². The van der Waals surface area contributed by atoms with Crippen LogP contribution in [0.15, 0.2) is 29.4 Å². The van der Waals surface area contributed by atoms with Gasteiger partial charge in [-0.2, -0.15) is 13.2 Å². The van der Waals surface area contributed by atoms with E-state index in [2.05, 4.69) is 20.5 Å². The number of para-hydroxylation sites is 1. The number of carbonyl (C=O) groups excluding carboxylic acids is 1. The molecule has 1 atom stereocenters. The van der Waals surface area contributed by atoms with Crippen LogP contribution in [-0.4, -0.2) is 54.5 Å². The molecule has 4 rings (SSSR count). The summed E-state index contributed by atoms with van der Waals surface area (Å²) in [5.41, 5.74) is 1.32. The van der Waals surface area contributed by atoms with Gasteiger partial charge in [0.05, 0.1) is 11.4 Å². The van der Waals surface area contributed by atoms with E-state index >= 15 is 0 Å². The van der Waals surface area contributed by atoms with E-state index in [9.17, 15) is 18.0 Å². The smallest absolute Gasteiger partial charge is 0.356 e. The molecular formula is C16H15F3N6OS. The highest BCUT2D eigenvalue weighted by Crippen LogP contribution is 2.43. The first-order chi connectivity index (χ1) is 12.9. The van der Waals surface area contributed by atoms with Crippen LogP contribution in [0.25, 0.3) is 10.9 Å². The first kappa shape index (κ1) is 17.8. The molecule has 3 aromatic rings. The molecule has 2 aromatic heterocycles. The number of hydrogen-bond donors (Lipinski definition) is 1. The molecule has 3 heterocycles. The van der Waals surface area contributed by atoms with E-state index in [0.717, 1.165) is 22.0 Å². The lowest BCUT2D eigenvalue weighted by molar-refractivity contribution is -0.193. The van der Waals surface area contributed by atoms with Gasteiger partial charge in [0.15, 0.2) is 6.04 Å². The standard InChI is InChI=1S/C16H15F3N6OS/c1-24-15(21-22-23-24)27-8-12(26)25-7-6-10-9-4-2-3-5-11(9)20-13(10)14(25)16(17,18)19/h2-5,14,20H,6-8H2,1H3/t14-/m0/s1. The van der Waals surface area contributed by atoms with Crippen molar-refractivity contribution in [2.24, 2.45) is 7.05 Å². The fourth-order valence-electron chi connectivity index (χ4n) is 3.40. The molecule has 1 aromatic carbocycles. The maximum atomic E-state index is 13.9. The van der Waals surface area contributed by atoms with Crippen LogP contribution in [0, 0.1) is 0 Å². The van der Waals surface area contributed by atoms with Crippen molar-refractivity contribution in [2.45, 2.75) is 23.8 Å². The molecule has 0 unspecified atom stereocenters. The van der Waals surface area contributed by atoms with Gasteiger partial charge in [0.25, 0.3) is 0 Å².